The first-order valence-electron chi connectivity index (χ1n) is 5.71. The van der Waals surface area contributed by atoms with Crippen LogP contribution in [0.25, 0.3) is 0 Å². The maximum atomic E-state index is 12.4. The second-order valence-corrected chi connectivity index (χ2v) is 5.34. The van der Waals surface area contributed by atoms with Gasteiger partial charge in [-0.3, -0.25) is 4.79 Å². The van der Waals surface area contributed by atoms with E-state index < -0.39 is 5.60 Å². The molecule has 0 spiro atoms. The first-order valence-corrected chi connectivity index (χ1v) is 5.71. The molecule has 2 bridgehead atoms. The van der Waals surface area contributed by atoms with Gasteiger partial charge in [0.1, 0.15) is 5.60 Å². The summed E-state index contributed by atoms with van der Waals surface area (Å²) in [7, 11) is 1.61. The molecule has 16 heavy (non-hydrogen) atoms. The summed E-state index contributed by atoms with van der Waals surface area (Å²) in [5.41, 5.74) is -1.04. The Kier molecular flexibility index (Phi) is 1.41. The maximum absolute atomic E-state index is 12.4. The number of Topliss-reactive ketones (excluding diaryl/α,β-unsaturated/α-hetero) is 1. The summed E-state index contributed by atoms with van der Waals surface area (Å²) in [5.74, 6) is 0.354. The second-order valence-electron chi connectivity index (χ2n) is 5.34. The van der Waals surface area contributed by atoms with E-state index in [0.717, 1.165) is 0 Å². The topological polar surface area (TPSA) is 48.1 Å². The normalized spacial score (nSPS) is 60.2. The van der Waals surface area contributed by atoms with Gasteiger partial charge in [0, 0.05) is 13.0 Å². The zero-order chi connectivity index (χ0) is 11.1. The Bertz CT molecular complexity index is 417. The number of epoxide rings is 1. The van der Waals surface area contributed by atoms with Crippen molar-refractivity contribution in [3.05, 3.63) is 12.2 Å². The smallest absolute Gasteiger partial charge is 0.179 e. The van der Waals surface area contributed by atoms with Gasteiger partial charge in [-0.05, 0) is 6.92 Å². The first kappa shape index (κ1) is 9.33. The highest BCUT2D eigenvalue weighted by Gasteiger charge is 2.85. The first-order chi connectivity index (χ1) is 7.64. The Morgan fingerprint density at radius 2 is 2.19 bits per heavy atom. The third-order valence-corrected chi connectivity index (χ3v) is 4.73. The van der Waals surface area contributed by atoms with Gasteiger partial charge >= 0.3 is 0 Å². The number of rotatable bonds is 2. The standard InChI is InChI=1S/C12H14O4/c1-11-9-7-4-3-6(15-7)8(9)10(13)12(11,16-11)5-14-2/h3-4,6-9H,5H2,1-2H3/t6-,7+,8-,9+,11-,12+/m1/s1. The van der Waals surface area contributed by atoms with Crippen LogP contribution in [0, 0.1) is 11.8 Å². The highest BCUT2D eigenvalue weighted by Crippen LogP contribution is 2.67. The highest BCUT2D eigenvalue weighted by molar-refractivity contribution is 5.99. The van der Waals surface area contributed by atoms with Crippen molar-refractivity contribution < 1.29 is 19.0 Å². The van der Waals surface area contributed by atoms with E-state index in [1.54, 1.807) is 7.11 Å². The van der Waals surface area contributed by atoms with Gasteiger partial charge in [0.05, 0.1) is 24.7 Å². The molecule has 4 nitrogen and oxygen atoms in total. The average Bonchev–Trinajstić information content (AvgIpc) is 2.64. The molecule has 3 fully saturated rings. The van der Waals surface area contributed by atoms with Crippen molar-refractivity contribution in [2.45, 2.75) is 30.3 Å². The number of ketones is 1. The van der Waals surface area contributed by atoms with Crippen LogP contribution in [0.1, 0.15) is 6.92 Å². The van der Waals surface area contributed by atoms with E-state index in [1.165, 1.54) is 0 Å². The lowest BCUT2D eigenvalue weighted by atomic mass is 9.80. The van der Waals surface area contributed by atoms with Gasteiger partial charge < -0.3 is 14.2 Å². The summed E-state index contributed by atoms with van der Waals surface area (Å²) in [6.07, 6.45) is 4.11. The van der Waals surface area contributed by atoms with Crippen molar-refractivity contribution in [2.75, 3.05) is 13.7 Å². The quantitative estimate of drug-likeness (QED) is 0.498. The Morgan fingerprint density at radius 1 is 1.44 bits per heavy atom. The van der Waals surface area contributed by atoms with E-state index in [0.29, 0.717) is 6.61 Å². The predicted octanol–water partition coefficient (Wildman–Crippen LogP) is 0.313. The fraction of sp³-hybridized carbons (Fsp3) is 0.750. The van der Waals surface area contributed by atoms with Gasteiger partial charge in [-0.2, -0.15) is 0 Å². The van der Waals surface area contributed by atoms with Crippen molar-refractivity contribution in [1.29, 1.82) is 0 Å². The van der Waals surface area contributed by atoms with Crippen molar-refractivity contribution in [2.24, 2.45) is 11.8 Å². The summed E-state index contributed by atoms with van der Waals surface area (Å²) in [4.78, 5) is 12.4. The molecule has 0 radical (unpaired) electrons. The minimum Gasteiger partial charge on any atom is -0.381 e. The van der Waals surface area contributed by atoms with E-state index in [4.69, 9.17) is 14.2 Å². The summed E-state index contributed by atoms with van der Waals surface area (Å²) < 4.78 is 16.7. The minimum atomic E-state index is -0.677. The van der Waals surface area contributed by atoms with Gasteiger partial charge in [-0.25, -0.2) is 0 Å². The number of hydrogen-bond donors (Lipinski definition) is 0. The monoisotopic (exact) mass is 222 g/mol. The van der Waals surface area contributed by atoms with Crippen molar-refractivity contribution in [3.8, 4) is 0 Å². The third kappa shape index (κ3) is 0.707. The van der Waals surface area contributed by atoms with E-state index in [9.17, 15) is 4.79 Å². The number of methoxy groups -OCH3 is 1. The van der Waals surface area contributed by atoms with E-state index in [2.05, 4.69) is 6.08 Å². The Labute approximate surface area is 93.5 Å². The molecule has 86 valence electrons. The number of carbonyl (C=O) groups is 1. The van der Waals surface area contributed by atoms with Crippen molar-refractivity contribution in [3.63, 3.8) is 0 Å². The Balaban J connectivity index is 1.79. The summed E-state index contributed by atoms with van der Waals surface area (Å²) in [5, 5.41) is 0. The van der Waals surface area contributed by atoms with Crippen LogP contribution < -0.4 is 0 Å². The molecule has 0 amide bonds. The molecule has 3 aliphatic heterocycles. The van der Waals surface area contributed by atoms with Crippen LogP contribution in [-0.4, -0.2) is 42.9 Å². The highest BCUT2D eigenvalue weighted by atomic mass is 16.7. The number of carbonyl (C=O) groups excluding carboxylic acids is 1. The SMILES string of the molecule is COC[C@@]12O[C@]1(C)[C@@H]1[C@H](C2=O)[C@H]2C=C[C@@H]1O2. The van der Waals surface area contributed by atoms with Gasteiger partial charge in [0.2, 0.25) is 0 Å². The van der Waals surface area contributed by atoms with E-state index >= 15 is 0 Å². The van der Waals surface area contributed by atoms with Crippen LogP contribution in [0.4, 0.5) is 0 Å². The number of fused-ring (bicyclic) bond motifs is 7. The van der Waals surface area contributed by atoms with Crippen LogP contribution in [-0.2, 0) is 19.0 Å². The van der Waals surface area contributed by atoms with E-state index in [1.807, 2.05) is 13.0 Å². The molecule has 1 saturated carbocycles. The summed E-state index contributed by atoms with van der Waals surface area (Å²) in [6, 6.07) is 0. The zero-order valence-corrected chi connectivity index (χ0v) is 9.30. The lowest BCUT2D eigenvalue weighted by Crippen LogP contribution is -2.35. The van der Waals surface area contributed by atoms with Gasteiger partial charge in [-0.15, -0.1) is 0 Å². The molecule has 4 aliphatic rings. The second kappa shape index (κ2) is 2.42. The van der Waals surface area contributed by atoms with E-state index in [-0.39, 0.29) is 35.4 Å². The lowest BCUT2D eigenvalue weighted by molar-refractivity contribution is -0.131. The number of ether oxygens (including phenoxy) is 3. The van der Waals surface area contributed by atoms with Crippen molar-refractivity contribution in [1.82, 2.24) is 0 Å². The molecule has 2 saturated heterocycles. The Hall–Kier alpha value is -0.710. The average molecular weight is 222 g/mol. The van der Waals surface area contributed by atoms with Crippen LogP contribution in [0.3, 0.4) is 0 Å². The van der Waals surface area contributed by atoms with Crippen LogP contribution in [0.2, 0.25) is 0 Å². The molecule has 1 aliphatic carbocycles. The molecule has 3 heterocycles. The lowest BCUT2D eigenvalue weighted by Gasteiger charge is -2.21. The van der Waals surface area contributed by atoms with Crippen LogP contribution in [0.5, 0.6) is 0 Å². The van der Waals surface area contributed by atoms with Gasteiger partial charge in [0.15, 0.2) is 11.4 Å². The summed E-state index contributed by atoms with van der Waals surface area (Å²) in [6.45, 7) is 2.39. The molecule has 0 aromatic carbocycles. The molecule has 0 N–H and O–H groups in total. The molecule has 0 unspecified atom stereocenters. The van der Waals surface area contributed by atoms with Gasteiger partial charge in [-0.1, -0.05) is 12.2 Å². The molecule has 0 aromatic heterocycles. The molecule has 6 atom stereocenters. The van der Waals surface area contributed by atoms with Crippen molar-refractivity contribution >= 4 is 5.78 Å². The largest absolute Gasteiger partial charge is 0.381 e. The fourth-order valence-electron chi connectivity index (χ4n) is 3.96. The maximum Gasteiger partial charge on any atom is 0.179 e. The molecule has 4 heteroatoms. The fourth-order valence-corrected chi connectivity index (χ4v) is 3.96. The van der Waals surface area contributed by atoms with Crippen LogP contribution in [0.15, 0.2) is 12.2 Å². The van der Waals surface area contributed by atoms with Gasteiger partial charge in [0.25, 0.3) is 0 Å². The minimum absolute atomic E-state index is 0.0103. The van der Waals surface area contributed by atoms with Crippen LogP contribution >= 0.6 is 0 Å². The number of hydrogen-bond acceptors (Lipinski definition) is 4. The molecule has 0 aromatic rings. The predicted molar refractivity (Wildman–Crippen MR) is 53.9 cm³/mol. The zero-order valence-electron chi connectivity index (χ0n) is 9.30. The molecular formula is C12H14O4. The Morgan fingerprint density at radius 3 is 2.88 bits per heavy atom. The molecular weight excluding hydrogens is 208 g/mol. The molecule has 4 rings (SSSR count). The summed E-state index contributed by atoms with van der Waals surface area (Å²) >= 11 is 0. The third-order valence-electron chi connectivity index (χ3n) is 4.73.